The van der Waals surface area contributed by atoms with Gasteiger partial charge in [0.1, 0.15) is 11.5 Å². The average molecular weight is 175 g/mol. The zero-order valence-electron chi connectivity index (χ0n) is 6.86. The molecule has 0 spiro atoms. The van der Waals surface area contributed by atoms with Gasteiger partial charge in [0.25, 0.3) is 0 Å². The van der Waals surface area contributed by atoms with Crippen LogP contribution in [-0.2, 0) is 0 Å². The number of aromatic hydroxyl groups is 2. The van der Waals surface area contributed by atoms with Gasteiger partial charge in [0, 0.05) is 16.5 Å². The molecule has 0 aliphatic carbocycles. The van der Waals surface area contributed by atoms with Crippen LogP contribution in [0.1, 0.15) is 0 Å². The van der Waals surface area contributed by atoms with Crippen LogP contribution < -0.4 is 5.73 Å². The van der Waals surface area contributed by atoms with Gasteiger partial charge in [-0.2, -0.15) is 0 Å². The van der Waals surface area contributed by atoms with E-state index >= 15 is 0 Å². The van der Waals surface area contributed by atoms with Crippen molar-refractivity contribution in [2.24, 2.45) is 0 Å². The predicted octanol–water partition coefficient (Wildman–Crippen LogP) is 1.83. The fourth-order valence-electron chi connectivity index (χ4n) is 1.34. The number of rotatable bonds is 0. The fraction of sp³-hybridized carbons (Fsp3) is 0. The van der Waals surface area contributed by atoms with E-state index in [9.17, 15) is 10.2 Å². The summed E-state index contributed by atoms with van der Waals surface area (Å²) in [6, 6.07) is 7.85. The van der Waals surface area contributed by atoms with Gasteiger partial charge < -0.3 is 15.9 Å². The van der Waals surface area contributed by atoms with Crippen molar-refractivity contribution in [2.75, 3.05) is 5.73 Å². The van der Waals surface area contributed by atoms with E-state index in [4.69, 9.17) is 5.73 Å². The van der Waals surface area contributed by atoms with Crippen molar-refractivity contribution in [1.29, 1.82) is 0 Å². The van der Waals surface area contributed by atoms with Gasteiger partial charge in [0.15, 0.2) is 0 Å². The monoisotopic (exact) mass is 175 g/mol. The first-order valence-corrected chi connectivity index (χ1v) is 3.88. The lowest BCUT2D eigenvalue weighted by molar-refractivity contribution is 0.471. The molecule has 0 atom stereocenters. The third-order valence-electron chi connectivity index (χ3n) is 2.01. The molecule has 66 valence electrons. The molecule has 0 bridgehead atoms. The van der Waals surface area contributed by atoms with Crippen LogP contribution in [-0.4, -0.2) is 10.2 Å². The molecule has 4 N–H and O–H groups in total. The summed E-state index contributed by atoms with van der Waals surface area (Å²) >= 11 is 0. The molecule has 0 aliphatic heterocycles. The molecule has 3 nitrogen and oxygen atoms in total. The minimum atomic E-state index is 0.119. The number of nitrogens with two attached hydrogens (primary N) is 1. The molecule has 2 aromatic carbocycles. The topological polar surface area (TPSA) is 66.5 Å². The summed E-state index contributed by atoms with van der Waals surface area (Å²) in [5.41, 5.74) is 6.27. The van der Waals surface area contributed by atoms with E-state index in [0.717, 1.165) is 5.39 Å². The van der Waals surface area contributed by atoms with Crippen molar-refractivity contribution in [1.82, 2.24) is 0 Å². The maximum absolute atomic E-state index is 9.45. The van der Waals surface area contributed by atoms with E-state index in [1.54, 1.807) is 12.1 Å². The number of anilines is 1. The Balaban J connectivity index is 2.92. The molecule has 0 fully saturated rings. The largest absolute Gasteiger partial charge is 0.508 e. The van der Waals surface area contributed by atoms with Crippen LogP contribution in [0.4, 0.5) is 5.69 Å². The van der Waals surface area contributed by atoms with Crippen LogP contribution in [0.15, 0.2) is 30.3 Å². The number of phenols is 2. The van der Waals surface area contributed by atoms with Crippen LogP contribution in [0.25, 0.3) is 10.8 Å². The number of fused-ring (bicyclic) bond motifs is 1. The lowest BCUT2D eigenvalue weighted by Gasteiger charge is -2.04. The second-order valence-electron chi connectivity index (χ2n) is 2.90. The Bertz CT molecular complexity index is 466. The van der Waals surface area contributed by atoms with Gasteiger partial charge in [-0.05, 0) is 30.3 Å². The Kier molecular flexibility index (Phi) is 1.52. The smallest absolute Gasteiger partial charge is 0.123 e. The normalized spacial score (nSPS) is 10.5. The maximum atomic E-state index is 9.45. The molecule has 0 aliphatic rings. The van der Waals surface area contributed by atoms with Gasteiger partial charge in [0.2, 0.25) is 0 Å². The predicted molar refractivity (Wildman–Crippen MR) is 51.7 cm³/mol. The Labute approximate surface area is 75.0 Å². The van der Waals surface area contributed by atoms with E-state index in [0.29, 0.717) is 11.1 Å². The summed E-state index contributed by atoms with van der Waals surface area (Å²) in [5, 5.41) is 20.0. The third-order valence-corrected chi connectivity index (χ3v) is 2.01. The highest BCUT2D eigenvalue weighted by Gasteiger charge is 2.03. The first-order valence-electron chi connectivity index (χ1n) is 3.88. The highest BCUT2D eigenvalue weighted by atomic mass is 16.3. The van der Waals surface area contributed by atoms with Crippen LogP contribution in [0.3, 0.4) is 0 Å². The molecule has 0 unspecified atom stereocenters. The molecular formula is C10H9NO2. The molecule has 0 aromatic heterocycles. The third kappa shape index (κ3) is 1.14. The van der Waals surface area contributed by atoms with Crippen molar-refractivity contribution in [3.63, 3.8) is 0 Å². The average Bonchev–Trinajstić information content (AvgIpc) is 2.12. The standard InChI is InChI=1S/C10H9NO2/c11-9-3-4-10(13)8-5-6(12)1-2-7(8)9/h1-5,12-13H,11H2. The maximum Gasteiger partial charge on any atom is 0.123 e. The van der Waals surface area contributed by atoms with Gasteiger partial charge in [-0.3, -0.25) is 0 Å². The molecule has 0 radical (unpaired) electrons. The van der Waals surface area contributed by atoms with Gasteiger partial charge >= 0.3 is 0 Å². The van der Waals surface area contributed by atoms with E-state index in [1.807, 2.05) is 0 Å². The molecule has 13 heavy (non-hydrogen) atoms. The Morgan fingerprint density at radius 2 is 1.69 bits per heavy atom. The second kappa shape index (κ2) is 2.55. The first kappa shape index (κ1) is 7.73. The van der Waals surface area contributed by atoms with E-state index in [2.05, 4.69) is 0 Å². The Morgan fingerprint density at radius 1 is 0.923 bits per heavy atom. The molecule has 0 amide bonds. The number of hydrogen-bond acceptors (Lipinski definition) is 3. The number of hydrogen-bond donors (Lipinski definition) is 3. The molecular weight excluding hydrogens is 166 g/mol. The lowest BCUT2D eigenvalue weighted by Crippen LogP contribution is -1.86. The quantitative estimate of drug-likeness (QED) is 0.422. The van der Waals surface area contributed by atoms with Crippen molar-refractivity contribution < 1.29 is 10.2 Å². The highest BCUT2D eigenvalue weighted by Crippen LogP contribution is 2.31. The number of phenolic OH excluding ortho intramolecular Hbond substituents is 2. The number of benzene rings is 2. The summed E-state index contributed by atoms with van der Waals surface area (Å²) in [6.07, 6.45) is 0. The lowest BCUT2D eigenvalue weighted by atomic mass is 10.1. The fourth-order valence-corrected chi connectivity index (χ4v) is 1.34. The zero-order valence-corrected chi connectivity index (χ0v) is 6.86. The van der Waals surface area contributed by atoms with Crippen molar-refractivity contribution in [3.8, 4) is 11.5 Å². The molecule has 3 heteroatoms. The minimum Gasteiger partial charge on any atom is -0.508 e. The summed E-state index contributed by atoms with van der Waals surface area (Å²) in [4.78, 5) is 0. The number of nitrogen functional groups attached to an aromatic ring is 1. The molecule has 0 saturated carbocycles. The second-order valence-corrected chi connectivity index (χ2v) is 2.90. The van der Waals surface area contributed by atoms with Crippen LogP contribution >= 0.6 is 0 Å². The molecule has 2 rings (SSSR count). The summed E-state index contributed by atoms with van der Waals surface area (Å²) in [7, 11) is 0. The van der Waals surface area contributed by atoms with Gasteiger partial charge in [-0.15, -0.1) is 0 Å². The molecule has 0 saturated heterocycles. The van der Waals surface area contributed by atoms with E-state index < -0.39 is 0 Å². The van der Waals surface area contributed by atoms with E-state index in [-0.39, 0.29) is 11.5 Å². The van der Waals surface area contributed by atoms with Crippen LogP contribution in [0.5, 0.6) is 11.5 Å². The van der Waals surface area contributed by atoms with Crippen molar-refractivity contribution in [3.05, 3.63) is 30.3 Å². The van der Waals surface area contributed by atoms with Crippen LogP contribution in [0, 0.1) is 0 Å². The highest BCUT2D eigenvalue weighted by molar-refractivity contribution is 5.97. The van der Waals surface area contributed by atoms with E-state index in [1.165, 1.54) is 18.2 Å². The Hall–Kier alpha value is -1.90. The minimum absolute atomic E-state index is 0.119. The van der Waals surface area contributed by atoms with Crippen LogP contribution in [0.2, 0.25) is 0 Å². The van der Waals surface area contributed by atoms with Gasteiger partial charge in [-0.1, -0.05) is 0 Å². The molecule has 0 heterocycles. The molecule has 2 aromatic rings. The summed E-state index contributed by atoms with van der Waals surface area (Å²) < 4.78 is 0. The van der Waals surface area contributed by atoms with Crippen molar-refractivity contribution >= 4 is 16.5 Å². The Morgan fingerprint density at radius 3 is 2.46 bits per heavy atom. The SMILES string of the molecule is Nc1ccc(O)c2cc(O)ccc12. The van der Waals surface area contributed by atoms with Gasteiger partial charge in [-0.25, -0.2) is 0 Å². The van der Waals surface area contributed by atoms with Gasteiger partial charge in [0.05, 0.1) is 0 Å². The zero-order chi connectivity index (χ0) is 9.42. The van der Waals surface area contributed by atoms with Crippen molar-refractivity contribution in [2.45, 2.75) is 0 Å². The summed E-state index contributed by atoms with van der Waals surface area (Å²) in [5.74, 6) is 0.244. The first-order chi connectivity index (χ1) is 6.18. The summed E-state index contributed by atoms with van der Waals surface area (Å²) in [6.45, 7) is 0.